The summed E-state index contributed by atoms with van der Waals surface area (Å²) in [7, 11) is 4.32. The van der Waals surface area contributed by atoms with Crippen LogP contribution in [0.5, 0.6) is 23.0 Å². The molecule has 603 valence electrons. The van der Waals surface area contributed by atoms with Gasteiger partial charge in [-0.2, -0.15) is 10.5 Å². The predicted octanol–water partition coefficient (Wildman–Crippen LogP) is 12.6. The van der Waals surface area contributed by atoms with E-state index in [-0.39, 0.29) is 47.8 Å². The maximum absolute atomic E-state index is 12.9. The number of nitrogens with zero attached hydrogens (tertiary/aromatic N) is 7. The summed E-state index contributed by atoms with van der Waals surface area (Å²) in [5.41, 5.74) is 4.46. The largest absolute Gasteiger partial charge is 1.00 e. The number of ether oxygens (including phenoxy) is 10. The van der Waals surface area contributed by atoms with Gasteiger partial charge in [0, 0.05) is 66.5 Å². The van der Waals surface area contributed by atoms with Crippen LogP contribution in [0.2, 0.25) is 0 Å². The summed E-state index contributed by atoms with van der Waals surface area (Å²) in [4.78, 5) is 119. The molecule has 32 heteroatoms. The number of hydrogen-bond acceptors (Lipinski definition) is 25. The number of nitriles is 2. The fraction of sp³-hybridized carbons (Fsp3) is 0.532. The fourth-order valence-electron chi connectivity index (χ4n) is 7.66. The van der Waals surface area contributed by atoms with Crippen LogP contribution in [0.1, 0.15) is 187 Å². The molecule has 0 aliphatic carbocycles. The Morgan fingerprint density at radius 3 is 0.901 bits per heavy atom. The third kappa shape index (κ3) is 62.2. The smallest absolute Gasteiger partial charge is 0.793 e. The molecule has 3 radical (unpaired) electrons. The SMILES string of the molecule is CC(=O)OOC(C)=O.CC(C)(C)OC(=O)OC(=O)OC(C)(C)C.N#Cc1ccc(OCCCN)cc1.[B-]OC(C)=O.[C-]#[N+]c1ccc(OCCCN(CCCC=O)C(=O)OC(C)(C)C)cc1.[C-]#[N+]c1ccc(OCCCN(CCCCN(CCCOc2ccc(C#N)cc2)C(=O)OC(C)(C)C)C(=O)OC(C)(C)C)cc1.[Na+]. The topological polar surface area (TPSA) is 366 Å². The first-order chi connectivity index (χ1) is 51.4. The molecule has 0 fully saturated rings. The molecule has 0 spiro atoms. The second kappa shape index (κ2) is 57.7. The zero-order valence-electron chi connectivity index (χ0n) is 68.0. The van der Waals surface area contributed by atoms with Gasteiger partial charge in [-0.3, -0.25) is 4.79 Å². The van der Waals surface area contributed by atoms with Crippen molar-refractivity contribution in [2.24, 2.45) is 5.73 Å². The van der Waals surface area contributed by atoms with Crippen molar-refractivity contribution in [2.75, 3.05) is 72.2 Å². The van der Waals surface area contributed by atoms with Gasteiger partial charge >= 0.3 is 72.1 Å². The zero-order valence-corrected chi connectivity index (χ0v) is 70.0. The summed E-state index contributed by atoms with van der Waals surface area (Å²) >= 11 is 0. The van der Waals surface area contributed by atoms with Crippen molar-refractivity contribution in [1.82, 2.24) is 14.7 Å². The van der Waals surface area contributed by atoms with Crippen LogP contribution in [0, 0.1) is 35.8 Å². The van der Waals surface area contributed by atoms with E-state index in [0.29, 0.717) is 157 Å². The normalized spacial score (nSPS) is 10.3. The van der Waals surface area contributed by atoms with E-state index in [1.807, 2.05) is 68.4 Å². The predicted molar refractivity (Wildman–Crippen MR) is 410 cm³/mol. The summed E-state index contributed by atoms with van der Waals surface area (Å²) in [5.74, 6) is 1.07. The molecule has 30 nitrogen and oxygen atoms in total. The molecule has 0 atom stereocenters. The number of benzene rings is 4. The molecule has 0 aliphatic heterocycles. The number of rotatable bonds is 28. The Bertz CT molecular complexity index is 3410. The Kier molecular flexibility index (Phi) is 54.5. The first-order valence-corrected chi connectivity index (χ1v) is 35.3. The van der Waals surface area contributed by atoms with Crippen LogP contribution in [0.4, 0.5) is 35.3 Å². The van der Waals surface area contributed by atoms with E-state index in [1.54, 1.807) is 153 Å². The molecule has 3 amide bonds. The number of carbonyl (C=O) groups is 9. The first-order valence-electron chi connectivity index (χ1n) is 35.3. The zero-order chi connectivity index (χ0) is 83.9. The monoisotopic (exact) mass is 1560 g/mol. The van der Waals surface area contributed by atoms with Crippen LogP contribution in [0.3, 0.4) is 0 Å². The fourth-order valence-corrected chi connectivity index (χ4v) is 7.66. The molecule has 0 saturated carbocycles. The summed E-state index contributed by atoms with van der Waals surface area (Å²) < 4.78 is 56.6. The first kappa shape index (κ1) is 105. The van der Waals surface area contributed by atoms with Crippen molar-refractivity contribution in [1.29, 1.82) is 10.5 Å². The van der Waals surface area contributed by atoms with Gasteiger partial charge in [-0.05, 0) is 228 Å². The minimum Gasteiger partial charge on any atom is -0.793 e. The number of aldehydes is 1. The van der Waals surface area contributed by atoms with Crippen molar-refractivity contribution in [3.63, 3.8) is 0 Å². The quantitative estimate of drug-likeness (QED) is 0.00635. The number of amides is 3. The van der Waals surface area contributed by atoms with Gasteiger partial charge in [-0.15, -0.1) is 0 Å². The summed E-state index contributed by atoms with van der Waals surface area (Å²) in [6.07, 6.45) is 2.64. The molecule has 4 rings (SSSR count). The van der Waals surface area contributed by atoms with E-state index in [1.165, 1.54) is 6.92 Å². The average Bonchev–Trinajstić information content (AvgIpc) is 0.902. The van der Waals surface area contributed by atoms with E-state index in [9.17, 15) is 43.2 Å². The molecule has 0 unspecified atom stereocenters. The molecule has 0 saturated heterocycles. The Labute approximate surface area is 678 Å². The van der Waals surface area contributed by atoms with Crippen molar-refractivity contribution in [3.8, 4) is 35.1 Å². The van der Waals surface area contributed by atoms with Gasteiger partial charge in [0.05, 0.1) is 62.8 Å². The maximum atomic E-state index is 12.9. The van der Waals surface area contributed by atoms with Crippen molar-refractivity contribution < 1.29 is 135 Å². The van der Waals surface area contributed by atoms with Crippen LogP contribution < -0.4 is 54.2 Å². The maximum Gasteiger partial charge on any atom is 1.00 e. The van der Waals surface area contributed by atoms with Crippen LogP contribution in [-0.2, 0) is 62.0 Å². The third-order valence-corrected chi connectivity index (χ3v) is 12.2. The molecule has 0 heterocycles. The average molecular weight is 1560 g/mol. The molecular weight excluding hydrogens is 1450 g/mol. The Balaban J connectivity index is -0.00000145. The van der Waals surface area contributed by atoms with E-state index < -0.39 is 58.2 Å². The second-order valence-corrected chi connectivity index (χ2v) is 28.3. The van der Waals surface area contributed by atoms with Gasteiger partial charge in [0.15, 0.2) is 11.4 Å². The van der Waals surface area contributed by atoms with Crippen LogP contribution >= 0.6 is 0 Å². The number of carbonyl (C=O) groups excluding carboxylic acids is 9. The van der Waals surface area contributed by atoms with Crippen LogP contribution in [-0.4, -0.2) is 178 Å². The van der Waals surface area contributed by atoms with E-state index in [2.05, 4.69) is 43.0 Å². The second-order valence-electron chi connectivity index (χ2n) is 28.3. The third-order valence-electron chi connectivity index (χ3n) is 12.2. The number of hydrogen-bond donors (Lipinski definition) is 1. The molecular formula is C79H111BN8NaO22. The van der Waals surface area contributed by atoms with Gasteiger partial charge in [-0.25, -0.2) is 53.0 Å². The molecule has 0 bridgehead atoms. The van der Waals surface area contributed by atoms with E-state index >= 15 is 0 Å². The van der Waals surface area contributed by atoms with Crippen molar-refractivity contribution in [3.05, 3.63) is 131 Å². The van der Waals surface area contributed by atoms with Gasteiger partial charge in [-0.1, -0.05) is 24.3 Å². The van der Waals surface area contributed by atoms with Crippen LogP contribution in [0.25, 0.3) is 9.69 Å². The molecule has 0 aromatic heterocycles. The minimum atomic E-state index is -1.06. The molecule has 2 N–H and O–H groups in total. The Morgan fingerprint density at radius 1 is 0.423 bits per heavy atom. The van der Waals surface area contributed by atoms with Crippen molar-refractivity contribution in [2.45, 2.75) is 204 Å². The van der Waals surface area contributed by atoms with Crippen LogP contribution in [0.15, 0.2) is 97.1 Å². The van der Waals surface area contributed by atoms with Gasteiger partial charge in [0.1, 0.15) is 57.3 Å². The number of nitrogens with two attached hydrogens (primary N) is 1. The van der Waals surface area contributed by atoms with E-state index in [0.717, 1.165) is 32.3 Å². The summed E-state index contributed by atoms with van der Waals surface area (Å²) in [6, 6.07) is 31.9. The number of unbranched alkanes of at least 4 members (excludes halogenated alkanes) is 2. The Hall–Kier alpha value is -10.3. The van der Waals surface area contributed by atoms with Gasteiger partial charge in [0.2, 0.25) is 5.97 Å². The molecule has 4 aromatic carbocycles. The standard InChI is InChI=1S/C34H46N4O6.C19H26N2O4.C10H12N2O.C10H18O5.C4H6O4.C2H3BO2.Na/c1-33(2,3)43-31(39)37(22-10-24-41-29-16-12-27(26-35)13-17-29)20-8-9-21-38(32(40)44-34(4,5)6)23-11-25-42-30-18-14-28(36-7)15-19-30;1-19(2,3)25-18(23)21(12-5-6-14-22)13-7-15-24-17-10-8-16(20-4)9-11-17;11-6-1-7-13-10-4-2-9(8-12)3-5-10;1-9(2,3)14-7(11)13-8(12)15-10(4,5)6;1-3(5)7-8-4(2)6;1-2(4)5-3;/h12-19H,8-11,20-25H2,1-6H3;8-11,14H,5-7,12-13,15H2,1-3H3;2-5H,1,6-7,11H2;1-6H3;1-2H3;1H3;/q;;;;;-1;+1. The molecule has 4 aromatic rings. The molecule has 0 aliphatic rings. The summed E-state index contributed by atoms with van der Waals surface area (Å²) in [5, 5.41) is 17.5. The van der Waals surface area contributed by atoms with Gasteiger partial charge < -0.3 is 85.3 Å². The van der Waals surface area contributed by atoms with Crippen molar-refractivity contribution >= 4 is 74.2 Å². The molecule has 111 heavy (non-hydrogen) atoms. The Morgan fingerprint density at radius 2 is 0.676 bits per heavy atom. The van der Waals surface area contributed by atoms with E-state index in [4.69, 9.17) is 72.0 Å². The van der Waals surface area contributed by atoms with Gasteiger partial charge in [0.25, 0.3) is 0 Å². The minimum absolute atomic E-state index is 0. The summed E-state index contributed by atoms with van der Waals surface area (Å²) in [6.45, 7) is 49.3.